The van der Waals surface area contributed by atoms with Gasteiger partial charge < -0.3 is 5.32 Å². The molecule has 0 aliphatic carbocycles. The quantitative estimate of drug-likeness (QED) is 0.942. The molecule has 2 aromatic rings. The third-order valence-corrected chi connectivity index (χ3v) is 3.96. The molecule has 1 aromatic heterocycles. The van der Waals surface area contributed by atoms with E-state index in [0.29, 0.717) is 12.5 Å². The van der Waals surface area contributed by atoms with Gasteiger partial charge in [-0.2, -0.15) is 5.10 Å². The highest BCUT2D eigenvalue weighted by atomic mass is 16.1. The normalized spacial score (nSPS) is 13.9. The van der Waals surface area contributed by atoms with Gasteiger partial charge in [-0.05, 0) is 29.9 Å². The van der Waals surface area contributed by atoms with Gasteiger partial charge in [-0.25, -0.2) is 4.68 Å². The van der Waals surface area contributed by atoms with Crippen LogP contribution >= 0.6 is 0 Å². The van der Waals surface area contributed by atoms with Crippen molar-refractivity contribution in [3.05, 3.63) is 57.5 Å². The molecule has 0 spiro atoms. The minimum absolute atomic E-state index is 0.0453. The maximum absolute atomic E-state index is 12.1. The lowest BCUT2D eigenvalue weighted by Gasteiger charge is -2.17. The van der Waals surface area contributed by atoms with Crippen molar-refractivity contribution >= 4 is 5.69 Å². The molecule has 110 valence electrons. The molecule has 1 aliphatic rings. The van der Waals surface area contributed by atoms with Gasteiger partial charge in [-0.15, -0.1) is 0 Å². The summed E-state index contributed by atoms with van der Waals surface area (Å²) in [6, 6.07) is 10.1. The second-order valence-corrected chi connectivity index (χ2v) is 5.93. The Hall–Kier alpha value is -2.10. The van der Waals surface area contributed by atoms with Gasteiger partial charge in [0.05, 0.1) is 17.9 Å². The maximum atomic E-state index is 12.1. The monoisotopic (exact) mass is 283 g/mol. The molecule has 4 heteroatoms. The number of fused-ring (bicyclic) bond motifs is 1. The van der Waals surface area contributed by atoms with Gasteiger partial charge in [0.15, 0.2) is 0 Å². The predicted octanol–water partition coefficient (Wildman–Crippen LogP) is 2.77. The number of nitrogens with one attached hydrogen (secondary N) is 1. The molecule has 4 nitrogen and oxygen atoms in total. The molecule has 0 unspecified atom stereocenters. The number of rotatable bonds is 3. The van der Waals surface area contributed by atoms with Crippen molar-refractivity contribution in [2.75, 3.05) is 11.9 Å². The van der Waals surface area contributed by atoms with Crippen molar-refractivity contribution in [1.82, 2.24) is 9.78 Å². The van der Waals surface area contributed by atoms with E-state index in [2.05, 4.69) is 48.5 Å². The zero-order valence-corrected chi connectivity index (χ0v) is 12.6. The topological polar surface area (TPSA) is 46.9 Å². The smallest absolute Gasteiger partial charge is 0.269 e. The van der Waals surface area contributed by atoms with Gasteiger partial charge >= 0.3 is 0 Å². The van der Waals surface area contributed by atoms with Gasteiger partial charge in [0, 0.05) is 12.6 Å². The highest BCUT2D eigenvalue weighted by molar-refractivity contribution is 5.48. The van der Waals surface area contributed by atoms with Gasteiger partial charge in [0.1, 0.15) is 0 Å². The molecule has 0 saturated carbocycles. The Balaban J connectivity index is 1.86. The largest absolute Gasteiger partial charge is 0.383 e. The minimum atomic E-state index is -0.0453. The van der Waals surface area contributed by atoms with Crippen molar-refractivity contribution in [3.63, 3.8) is 0 Å². The van der Waals surface area contributed by atoms with E-state index in [0.717, 1.165) is 36.3 Å². The molecule has 1 aliphatic heterocycles. The predicted molar refractivity (Wildman–Crippen MR) is 84.9 cm³/mol. The van der Waals surface area contributed by atoms with E-state index in [1.54, 1.807) is 10.7 Å². The average Bonchev–Trinajstić information content (AvgIpc) is 2.48. The second kappa shape index (κ2) is 5.72. The Labute approximate surface area is 124 Å². The summed E-state index contributed by atoms with van der Waals surface area (Å²) in [6.07, 6.45) is 2.01. The van der Waals surface area contributed by atoms with Crippen LogP contribution in [0.5, 0.6) is 0 Å². The number of anilines is 1. The maximum Gasteiger partial charge on any atom is 0.269 e. The van der Waals surface area contributed by atoms with Crippen molar-refractivity contribution < 1.29 is 0 Å². The van der Waals surface area contributed by atoms with E-state index < -0.39 is 0 Å². The molecular weight excluding hydrogens is 262 g/mol. The third kappa shape index (κ3) is 2.99. The summed E-state index contributed by atoms with van der Waals surface area (Å²) < 4.78 is 1.57. The zero-order valence-electron chi connectivity index (χ0n) is 12.6. The van der Waals surface area contributed by atoms with E-state index >= 15 is 0 Å². The Morgan fingerprint density at radius 2 is 2.05 bits per heavy atom. The van der Waals surface area contributed by atoms with Crippen molar-refractivity contribution in [1.29, 1.82) is 0 Å². The molecule has 3 rings (SSSR count). The fourth-order valence-electron chi connectivity index (χ4n) is 2.64. The first-order valence-corrected chi connectivity index (χ1v) is 7.57. The Morgan fingerprint density at radius 3 is 2.76 bits per heavy atom. The molecular formula is C17H21N3O. The van der Waals surface area contributed by atoms with Gasteiger partial charge in [-0.3, -0.25) is 4.79 Å². The van der Waals surface area contributed by atoms with Crippen LogP contribution in [0.25, 0.3) is 0 Å². The summed E-state index contributed by atoms with van der Waals surface area (Å²) in [5, 5.41) is 7.75. The number of aromatic nitrogens is 2. The number of benzene rings is 1. The molecule has 0 saturated heterocycles. The lowest BCUT2D eigenvalue weighted by atomic mass is 10.0. The molecule has 1 aromatic carbocycles. The fourth-order valence-corrected chi connectivity index (χ4v) is 2.64. The summed E-state index contributed by atoms with van der Waals surface area (Å²) >= 11 is 0. The Morgan fingerprint density at radius 1 is 1.29 bits per heavy atom. The fraction of sp³-hybridized carbons (Fsp3) is 0.412. The molecule has 0 fully saturated rings. The van der Waals surface area contributed by atoms with Crippen LogP contribution in [0.1, 0.15) is 43.0 Å². The second-order valence-electron chi connectivity index (χ2n) is 5.93. The van der Waals surface area contributed by atoms with E-state index in [1.807, 2.05) is 0 Å². The van der Waals surface area contributed by atoms with Crippen LogP contribution in [0.4, 0.5) is 5.69 Å². The summed E-state index contributed by atoms with van der Waals surface area (Å²) in [7, 11) is 0. The first-order valence-electron chi connectivity index (χ1n) is 7.57. The van der Waals surface area contributed by atoms with Gasteiger partial charge in [0.25, 0.3) is 5.56 Å². The zero-order chi connectivity index (χ0) is 14.8. The minimum Gasteiger partial charge on any atom is -0.383 e. The first-order chi connectivity index (χ1) is 10.1. The molecule has 0 amide bonds. The highest BCUT2D eigenvalue weighted by Crippen LogP contribution is 2.18. The lowest BCUT2D eigenvalue weighted by Crippen LogP contribution is -2.27. The standard InChI is InChI=1S/C17H21N3O/c1-12(2)14-7-5-13(6-8-14)11-20-17(21)10-16-15(19-20)4-3-9-18-16/h5-8,10,12,18H,3-4,9,11H2,1-2H3. The summed E-state index contributed by atoms with van der Waals surface area (Å²) in [4.78, 5) is 12.1. The number of aryl methyl sites for hydroxylation is 1. The molecule has 2 heterocycles. The van der Waals surface area contributed by atoms with E-state index in [-0.39, 0.29) is 5.56 Å². The number of hydrogen-bond donors (Lipinski definition) is 1. The van der Waals surface area contributed by atoms with Gasteiger partial charge in [-0.1, -0.05) is 38.1 Å². The lowest BCUT2D eigenvalue weighted by molar-refractivity contribution is 0.608. The Kier molecular flexibility index (Phi) is 3.78. The number of nitrogens with zero attached hydrogens (tertiary/aromatic N) is 2. The molecule has 21 heavy (non-hydrogen) atoms. The van der Waals surface area contributed by atoms with Crippen LogP contribution in [-0.4, -0.2) is 16.3 Å². The average molecular weight is 283 g/mol. The van der Waals surface area contributed by atoms with E-state index in [9.17, 15) is 4.79 Å². The first kappa shape index (κ1) is 13.9. The van der Waals surface area contributed by atoms with Crippen LogP contribution in [0.3, 0.4) is 0 Å². The van der Waals surface area contributed by atoms with Crippen molar-refractivity contribution in [3.8, 4) is 0 Å². The van der Waals surface area contributed by atoms with Gasteiger partial charge in [0.2, 0.25) is 0 Å². The van der Waals surface area contributed by atoms with Crippen molar-refractivity contribution in [2.24, 2.45) is 0 Å². The third-order valence-electron chi connectivity index (χ3n) is 3.96. The van der Waals surface area contributed by atoms with Crippen molar-refractivity contribution in [2.45, 2.75) is 39.2 Å². The van der Waals surface area contributed by atoms with Crippen LogP contribution in [0.2, 0.25) is 0 Å². The summed E-state index contributed by atoms with van der Waals surface area (Å²) in [6.45, 7) is 5.81. The summed E-state index contributed by atoms with van der Waals surface area (Å²) in [5.41, 5.74) is 4.28. The highest BCUT2D eigenvalue weighted by Gasteiger charge is 2.12. The molecule has 0 bridgehead atoms. The molecule has 0 radical (unpaired) electrons. The Bertz CT molecular complexity index is 686. The molecule has 0 atom stereocenters. The van der Waals surface area contributed by atoms with Crippen LogP contribution in [-0.2, 0) is 13.0 Å². The van der Waals surface area contributed by atoms with E-state index in [1.165, 1.54) is 5.56 Å². The SMILES string of the molecule is CC(C)c1ccc(Cn2nc3c(cc2=O)NCCC3)cc1. The van der Waals surface area contributed by atoms with Crippen LogP contribution in [0.15, 0.2) is 35.1 Å². The molecule has 1 N–H and O–H groups in total. The number of hydrogen-bond acceptors (Lipinski definition) is 3. The van der Waals surface area contributed by atoms with Crippen LogP contribution in [0, 0.1) is 0 Å². The summed E-state index contributed by atoms with van der Waals surface area (Å²) in [5.74, 6) is 0.523. The van der Waals surface area contributed by atoms with E-state index in [4.69, 9.17) is 0 Å². The van der Waals surface area contributed by atoms with Crippen LogP contribution < -0.4 is 10.9 Å².